The first kappa shape index (κ1) is 27.4. The SMILES string of the molecule is COC(=O)N1CC(=Cc2ccc(OC)cc2)c2c(c(C(=O)NN3CC4=CCCC4C3)nn2-c2ccc(Cl)cc2Cl)C1. The summed E-state index contributed by atoms with van der Waals surface area (Å²) in [6.07, 6.45) is 5.92. The lowest BCUT2D eigenvalue weighted by Crippen LogP contribution is -2.42. The maximum atomic E-state index is 13.8. The third-order valence-electron chi connectivity index (χ3n) is 7.76. The summed E-state index contributed by atoms with van der Waals surface area (Å²) in [7, 11) is 2.95. The Bertz CT molecular complexity index is 1580. The van der Waals surface area contributed by atoms with Crippen molar-refractivity contribution in [2.75, 3.05) is 33.9 Å². The molecule has 11 heteroatoms. The van der Waals surface area contributed by atoms with Crippen LogP contribution in [0.3, 0.4) is 0 Å². The van der Waals surface area contributed by atoms with Crippen molar-refractivity contribution in [3.8, 4) is 11.4 Å². The van der Waals surface area contributed by atoms with Gasteiger partial charge in [0.15, 0.2) is 5.69 Å². The molecular weight excluding hydrogens is 565 g/mol. The minimum absolute atomic E-state index is 0.143. The third-order valence-corrected chi connectivity index (χ3v) is 8.30. The lowest BCUT2D eigenvalue weighted by molar-refractivity contribution is 0.0812. The highest BCUT2D eigenvalue weighted by Gasteiger charge is 2.36. The summed E-state index contributed by atoms with van der Waals surface area (Å²) in [5.74, 6) is 0.857. The molecule has 1 fully saturated rings. The predicted octanol–water partition coefficient (Wildman–Crippen LogP) is 5.61. The molecular formula is C30H29Cl2N5O4. The Balaban J connectivity index is 1.47. The number of benzene rings is 2. The molecule has 0 saturated carbocycles. The number of aromatic nitrogens is 2. The van der Waals surface area contributed by atoms with Crippen molar-refractivity contribution in [1.29, 1.82) is 0 Å². The Morgan fingerprint density at radius 1 is 1.07 bits per heavy atom. The molecule has 3 aliphatic rings. The molecule has 41 heavy (non-hydrogen) atoms. The molecule has 1 atom stereocenters. The molecule has 6 rings (SSSR count). The number of hydrogen-bond donors (Lipinski definition) is 1. The summed E-state index contributed by atoms with van der Waals surface area (Å²) in [5.41, 5.74) is 8.15. The topological polar surface area (TPSA) is 88.9 Å². The van der Waals surface area contributed by atoms with Crippen LogP contribution < -0.4 is 10.2 Å². The number of halogens is 2. The van der Waals surface area contributed by atoms with Crippen LogP contribution >= 0.6 is 23.2 Å². The lowest BCUT2D eigenvalue weighted by atomic mass is 9.97. The van der Waals surface area contributed by atoms with Gasteiger partial charge in [-0.15, -0.1) is 0 Å². The first-order valence-electron chi connectivity index (χ1n) is 13.3. The van der Waals surface area contributed by atoms with E-state index in [2.05, 4.69) is 11.5 Å². The Morgan fingerprint density at radius 2 is 1.88 bits per heavy atom. The number of methoxy groups -OCH3 is 2. The highest BCUT2D eigenvalue weighted by molar-refractivity contribution is 6.35. The fourth-order valence-corrected chi connectivity index (χ4v) is 6.29. The quantitative estimate of drug-likeness (QED) is 0.387. The van der Waals surface area contributed by atoms with Crippen LogP contribution in [0.25, 0.3) is 17.3 Å². The number of amides is 2. The zero-order chi connectivity index (χ0) is 28.7. The van der Waals surface area contributed by atoms with Gasteiger partial charge in [0.05, 0.1) is 43.7 Å². The monoisotopic (exact) mass is 593 g/mol. The first-order valence-corrected chi connectivity index (χ1v) is 14.1. The van der Waals surface area contributed by atoms with Gasteiger partial charge < -0.3 is 9.47 Å². The van der Waals surface area contributed by atoms with Crippen LogP contribution in [0.1, 0.15) is 40.2 Å². The lowest BCUT2D eigenvalue weighted by Gasteiger charge is -2.29. The van der Waals surface area contributed by atoms with Crippen molar-refractivity contribution in [2.45, 2.75) is 19.4 Å². The van der Waals surface area contributed by atoms with Gasteiger partial charge in [0.2, 0.25) is 0 Å². The largest absolute Gasteiger partial charge is 0.497 e. The van der Waals surface area contributed by atoms with Crippen molar-refractivity contribution >= 4 is 46.9 Å². The molecule has 3 aromatic rings. The van der Waals surface area contributed by atoms with Crippen LogP contribution in [0, 0.1) is 5.92 Å². The van der Waals surface area contributed by atoms with Crippen LogP contribution in [-0.2, 0) is 11.3 Å². The number of nitrogens with zero attached hydrogens (tertiary/aromatic N) is 4. The molecule has 1 aliphatic carbocycles. The van der Waals surface area contributed by atoms with Gasteiger partial charge in [-0.1, -0.05) is 47.0 Å². The highest BCUT2D eigenvalue weighted by Crippen LogP contribution is 2.37. The number of hydrazine groups is 1. The zero-order valence-corrected chi connectivity index (χ0v) is 24.2. The van der Waals surface area contributed by atoms with Gasteiger partial charge in [0, 0.05) is 23.7 Å². The highest BCUT2D eigenvalue weighted by atomic mass is 35.5. The molecule has 3 heterocycles. The van der Waals surface area contributed by atoms with Crippen LogP contribution in [0.4, 0.5) is 4.79 Å². The van der Waals surface area contributed by atoms with E-state index in [1.165, 1.54) is 12.7 Å². The van der Waals surface area contributed by atoms with E-state index in [4.69, 9.17) is 37.8 Å². The van der Waals surface area contributed by atoms with Crippen LogP contribution in [0.15, 0.2) is 54.1 Å². The smallest absolute Gasteiger partial charge is 0.410 e. The number of carbonyl (C=O) groups is 2. The molecule has 1 aromatic heterocycles. The summed E-state index contributed by atoms with van der Waals surface area (Å²) < 4.78 is 12.1. The van der Waals surface area contributed by atoms with Gasteiger partial charge in [-0.05, 0) is 66.3 Å². The Hall–Kier alpha value is -3.79. The second kappa shape index (κ2) is 11.2. The molecule has 0 radical (unpaired) electrons. The summed E-state index contributed by atoms with van der Waals surface area (Å²) in [5, 5.41) is 7.61. The Labute approximate surface area is 247 Å². The molecule has 1 saturated heterocycles. The van der Waals surface area contributed by atoms with Gasteiger partial charge in [-0.25, -0.2) is 14.5 Å². The van der Waals surface area contributed by atoms with E-state index in [0.717, 1.165) is 36.3 Å². The average Bonchev–Trinajstić information content (AvgIpc) is 3.67. The molecule has 1 N–H and O–H groups in total. The van der Waals surface area contributed by atoms with E-state index < -0.39 is 6.09 Å². The summed E-state index contributed by atoms with van der Waals surface area (Å²) in [6.45, 7) is 1.84. The minimum Gasteiger partial charge on any atom is -0.497 e. The van der Waals surface area contributed by atoms with E-state index in [1.54, 1.807) is 34.9 Å². The standard InChI is InChI=1S/C30H29Cl2N5O4/c1-40-23-9-6-18(7-10-23)12-21-14-35(30(39)41-2)17-24-27(29(38)34-36-15-19-4-3-5-20(19)16-36)33-37(28(21)24)26-11-8-22(31)13-25(26)32/h4,6-13,20H,3,5,14-17H2,1-2H3,(H,34,38). The van der Waals surface area contributed by atoms with E-state index in [0.29, 0.717) is 39.5 Å². The van der Waals surface area contributed by atoms with Crippen LogP contribution in [0.5, 0.6) is 5.75 Å². The predicted molar refractivity (Wildman–Crippen MR) is 157 cm³/mol. The fraction of sp³-hybridized carbons (Fsp3) is 0.300. The number of hydrogen-bond acceptors (Lipinski definition) is 6. The van der Waals surface area contributed by atoms with E-state index in [9.17, 15) is 9.59 Å². The zero-order valence-electron chi connectivity index (χ0n) is 22.7. The van der Waals surface area contributed by atoms with Gasteiger partial charge in [-0.2, -0.15) is 5.10 Å². The second-order valence-electron chi connectivity index (χ2n) is 10.3. The number of nitrogens with one attached hydrogen (secondary N) is 1. The summed E-state index contributed by atoms with van der Waals surface area (Å²) in [6, 6.07) is 12.7. The van der Waals surface area contributed by atoms with Crippen molar-refractivity contribution in [2.24, 2.45) is 5.92 Å². The number of fused-ring (bicyclic) bond motifs is 2. The molecule has 0 bridgehead atoms. The van der Waals surface area contributed by atoms with Crippen LogP contribution in [-0.4, -0.2) is 65.5 Å². The maximum Gasteiger partial charge on any atom is 0.410 e. The van der Waals surface area contributed by atoms with Gasteiger partial charge in [0.25, 0.3) is 5.91 Å². The van der Waals surface area contributed by atoms with Crippen molar-refractivity contribution in [3.05, 3.63) is 86.7 Å². The van der Waals surface area contributed by atoms with E-state index in [1.807, 2.05) is 35.4 Å². The van der Waals surface area contributed by atoms with Gasteiger partial charge >= 0.3 is 6.09 Å². The molecule has 1 unspecified atom stereocenters. The second-order valence-corrected chi connectivity index (χ2v) is 11.2. The average molecular weight is 594 g/mol. The first-order chi connectivity index (χ1) is 19.8. The summed E-state index contributed by atoms with van der Waals surface area (Å²) in [4.78, 5) is 28.1. The fourth-order valence-electron chi connectivity index (χ4n) is 5.80. The van der Waals surface area contributed by atoms with E-state index >= 15 is 0 Å². The van der Waals surface area contributed by atoms with Gasteiger partial charge in [-0.3, -0.25) is 15.1 Å². The van der Waals surface area contributed by atoms with Crippen LogP contribution in [0.2, 0.25) is 10.0 Å². The molecule has 2 aromatic carbocycles. The number of allylic oxidation sites excluding steroid dienone is 1. The van der Waals surface area contributed by atoms with Crippen molar-refractivity contribution < 1.29 is 19.1 Å². The third kappa shape index (κ3) is 5.32. The number of rotatable bonds is 5. The van der Waals surface area contributed by atoms with Crippen molar-refractivity contribution in [3.63, 3.8) is 0 Å². The number of carbonyl (C=O) groups excluding carboxylic acids is 2. The molecule has 0 spiro atoms. The normalized spacial score (nSPS) is 19.1. The van der Waals surface area contributed by atoms with E-state index in [-0.39, 0.29) is 24.7 Å². The molecule has 2 amide bonds. The van der Waals surface area contributed by atoms with Crippen molar-refractivity contribution in [1.82, 2.24) is 25.1 Å². The minimum atomic E-state index is -0.501. The van der Waals surface area contributed by atoms with Gasteiger partial charge in [0.1, 0.15) is 5.75 Å². The Kier molecular flexibility index (Phi) is 7.50. The Morgan fingerprint density at radius 3 is 2.59 bits per heavy atom. The molecule has 9 nitrogen and oxygen atoms in total. The number of ether oxygens (including phenoxy) is 2. The molecule has 212 valence electrons. The maximum absolute atomic E-state index is 13.8. The molecule has 2 aliphatic heterocycles. The summed E-state index contributed by atoms with van der Waals surface area (Å²) >= 11 is 12.9.